The molecule has 0 amide bonds. The first-order valence-corrected chi connectivity index (χ1v) is 8.19. The summed E-state index contributed by atoms with van der Waals surface area (Å²) in [6.45, 7) is 0. The van der Waals surface area contributed by atoms with Crippen LogP contribution in [0.2, 0.25) is 0 Å². The highest BCUT2D eigenvalue weighted by atomic mass is 15.6. The molecule has 0 unspecified atom stereocenters. The number of tetrazole rings is 1. The zero-order valence-electron chi connectivity index (χ0n) is 12.1. The molecule has 1 aliphatic heterocycles. The number of allylic oxidation sites excluding steroid dienone is 1. The molecule has 0 saturated heterocycles. The maximum Gasteiger partial charge on any atom is 0.248 e. The first-order chi connectivity index (χ1) is 9.89. The van der Waals surface area contributed by atoms with Crippen LogP contribution in [0.1, 0.15) is 70.6 Å². The molecule has 2 aliphatic carbocycles. The van der Waals surface area contributed by atoms with Gasteiger partial charge >= 0.3 is 0 Å². The van der Waals surface area contributed by atoms with Gasteiger partial charge in [-0.1, -0.05) is 37.2 Å². The molecule has 3 aliphatic rings. The summed E-state index contributed by atoms with van der Waals surface area (Å²) >= 11 is 0. The van der Waals surface area contributed by atoms with Gasteiger partial charge in [0.2, 0.25) is 5.95 Å². The van der Waals surface area contributed by atoms with Crippen molar-refractivity contribution in [3.05, 3.63) is 5.57 Å². The zero-order valence-corrected chi connectivity index (χ0v) is 12.1. The highest BCUT2D eigenvalue weighted by Crippen LogP contribution is 2.45. The topological polar surface area (TPSA) is 55.6 Å². The lowest BCUT2D eigenvalue weighted by atomic mass is 9.78. The fourth-order valence-electron chi connectivity index (χ4n) is 4.31. The van der Waals surface area contributed by atoms with Gasteiger partial charge in [0.25, 0.3) is 0 Å². The number of anilines is 1. The van der Waals surface area contributed by atoms with Crippen LogP contribution in [-0.4, -0.2) is 25.7 Å². The van der Waals surface area contributed by atoms with Crippen LogP contribution in [0.5, 0.6) is 0 Å². The Labute approximate surface area is 119 Å². The molecule has 0 atom stereocenters. The average molecular weight is 273 g/mol. The summed E-state index contributed by atoms with van der Waals surface area (Å²) in [7, 11) is 0. The number of fused-ring (bicyclic) bond motifs is 3. The van der Waals surface area contributed by atoms with Crippen molar-refractivity contribution in [1.82, 2.24) is 20.2 Å². The predicted octanol–water partition coefficient (Wildman–Crippen LogP) is 3.37. The standard InChI is InChI=1S/C15H23N5/c1-2-7-11-15(10-6-1)12-8-4-3-5-9-13(12)20-14(16-15)17-18-19-20/h1-11H2,(H,16,17,19). The Morgan fingerprint density at radius 1 is 0.900 bits per heavy atom. The second-order valence-corrected chi connectivity index (χ2v) is 6.52. The van der Waals surface area contributed by atoms with E-state index in [1.54, 1.807) is 5.57 Å². The van der Waals surface area contributed by atoms with Crippen LogP contribution in [0.3, 0.4) is 0 Å². The first-order valence-electron chi connectivity index (χ1n) is 8.19. The molecule has 0 bridgehead atoms. The van der Waals surface area contributed by atoms with Crippen molar-refractivity contribution in [1.29, 1.82) is 0 Å². The van der Waals surface area contributed by atoms with E-state index in [-0.39, 0.29) is 5.54 Å². The molecule has 4 rings (SSSR count). The van der Waals surface area contributed by atoms with Crippen LogP contribution >= 0.6 is 0 Å². The van der Waals surface area contributed by atoms with Crippen molar-refractivity contribution in [3.63, 3.8) is 0 Å². The van der Waals surface area contributed by atoms with Crippen LogP contribution < -0.4 is 5.32 Å². The molecule has 0 aromatic carbocycles. The second kappa shape index (κ2) is 4.86. The van der Waals surface area contributed by atoms with E-state index in [0.29, 0.717) is 0 Å². The van der Waals surface area contributed by atoms with Gasteiger partial charge < -0.3 is 5.32 Å². The van der Waals surface area contributed by atoms with Crippen molar-refractivity contribution in [2.75, 3.05) is 5.32 Å². The molecule has 1 aromatic heterocycles. The Kier molecular flexibility index (Phi) is 3.00. The minimum Gasteiger partial charge on any atom is -0.344 e. The molecule has 2 heterocycles. The lowest BCUT2D eigenvalue weighted by Gasteiger charge is -2.41. The minimum atomic E-state index is 0.154. The molecule has 1 N–H and O–H groups in total. The van der Waals surface area contributed by atoms with E-state index in [9.17, 15) is 0 Å². The van der Waals surface area contributed by atoms with E-state index in [0.717, 1.165) is 12.4 Å². The van der Waals surface area contributed by atoms with Crippen molar-refractivity contribution < 1.29 is 0 Å². The van der Waals surface area contributed by atoms with E-state index in [1.807, 2.05) is 4.68 Å². The number of hydrogen-bond acceptors (Lipinski definition) is 4. The minimum absolute atomic E-state index is 0.154. The van der Waals surface area contributed by atoms with Gasteiger partial charge in [-0.05, 0) is 54.5 Å². The van der Waals surface area contributed by atoms with Crippen LogP contribution in [0.15, 0.2) is 5.57 Å². The van der Waals surface area contributed by atoms with E-state index >= 15 is 0 Å². The Balaban J connectivity index is 1.83. The number of hydrogen-bond donors (Lipinski definition) is 1. The highest BCUT2D eigenvalue weighted by molar-refractivity contribution is 5.64. The Morgan fingerprint density at radius 2 is 1.65 bits per heavy atom. The monoisotopic (exact) mass is 273 g/mol. The summed E-state index contributed by atoms with van der Waals surface area (Å²) in [6, 6.07) is 0. The van der Waals surface area contributed by atoms with Gasteiger partial charge in [0.1, 0.15) is 0 Å². The predicted molar refractivity (Wildman–Crippen MR) is 78.2 cm³/mol. The smallest absolute Gasteiger partial charge is 0.248 e. The molecule has 0 radical (unpaired) electrons. The summed E-state index contributed by atoms with van der Waals surface area (Å²) in [5, 5.41) is 16.1. The summed E-state index contributed by atoms with van der Waals surface area (Å²) in [6.07, 6.45) is 14.2. The molecule has 1 spiro atoms. The molecular formula is C15H23N5. The van der Waals surface area contributed by atoms with E-state index in [2.05, 4.69) is 20.8 Å². The van der Waals surface area contributed by atoms with Gasteiger partial charge in [-0.15, -0.1) is 0 Å². The maximum absolute atomic E-state index is 4.22. The average Bonchev–Trinajstić information content (AvgIpc) is 2.67. The van der Waals surface area contributed by atoms with Crippen LogP contribution in [-0.2, 0) is 0 Å². The lowest BCUT2D eigenvalue weighted by molar-refractivity contribution is 0.442. The SMILES string of the molecule is C1CCC2=C(CC1)C1(CCCCCC1)Nc1nnnn12. The summed E-state index contributed by atoms with van der Waals surface area (Å²) in [5.41, 5.74) is 3.18. The van der Waals surface area contributed by atoms with Gasteiger partial charge in [-0.3, -0.25) is 0 Å². The van der Waals surface area contributed by atoms with Crippen molar-refractivity contribution >= 4 is 11.6 Å². The molecular weight excluding hydrogens is 250 g/mol. The third kappa shape index (κ3) is 1.86. The Hall–Kier alpha value is -1.39. The van der Waals surface area contributed by atoms with Crippen molar-refractivity contribution in [2.45, 2.75) is 76.2 Å². The molecule has 5 nitrogen and oxygen atoms in total. The maximum atomic E-state index is 4.22. The molecule has 108 valence electrons. The fourth-order valence-corrected chi connectivity index (χ4v) is 4.31. The third-order valence-electron chi connectivity index (χ3n) is 5.30. The molecule has 20 heavy (non-hydrogen) atoms. The molecule has 1 aromatic rings. The highest BCUT2D eigenvalue weighted by Gasteiger charge is 2.41. The molecule has 5 heteroatoms. The summed E-state index contributed by atoms with van der Waals surface area (Å²) in [4.78, 5) is 0. The van der Waals surface area contributed by atoms with E-state index < -0.39 is 0 Å². The van der Waals surface area contributed by atoms with Gasteiger partial charge in [0.15, 0.2) is 0 Å². The normalized spacial score (nSPS) is 25.4. The van der Waals surface area contributed by atoms with Gasteiger partial charge in [-0.2, -0.15) is 4.68 Å². The van der Waals surface area contributed by atoms with Gasteiger partial charge in [0, 0.05) is 5.70 Å². The summed E-state index contributed by atoms with van der Waals surface area (Å²) in [5.74, 6) is 0.868. The molecule has 1 fully saturated rings. The van der Waals surface area contributed by atoms with E-state index in [4.69, 9.17) is 0 Å². The van der Waals surface area contributed by atoms with E-state index in [1.165, 1.54) is 69.9 Å². The van der Waals surface area contributed by atoms with Crippen molar-refractivity contribution in [3.8, 4) is 0 Å². The first kappa shape index (κ1) is 12.4. The van der Waals surface area contributed by atoms with Gasteiger partial charge in [-0.25, -0.2) is 0 Å². The van der Waals surface area contributed by atoms with Crippen LogP contribution in [0.25, 0.3) is 5.70 Å². The Bertz CT molecular complexity index is 522. The number of nitrogens with zero attached hydrogens (tertiary/aromatic N) is 4. The van der Waals surface area contributed by atoms with Gasteiger partial charge in [0.05, 0.1) is 5.54 Å². The largest absolute Gasteiger partial charge is 0.344 e. The quantitative estimate of drug-likeness (QED) is 0.787. The number of rotatable bonds is 0. The fraction of sp³-hybridized carbons (Fsp3) is 0.800. The van der Waals surface area contributed by atoms with Crippen molar-refractivity contribution in [2.24, 2.45) is 0 Å². The zero-order chi connectivity index (χ0) is 13.4. The molecule has 1 saturated carbocycles. The summed E-state index contributed by atoms with van der Waals surface area (Å²) < 4.78 is 1.97. The second-order valence-electron chi connectivity index (χ2n) is 6.52. The lowest BCUT2D eigenvalue weighted by Crippen LogP contribution is -2.44. The number of nitrogens with one attached hydrogen (secondary N) is 1. The number of aromatic nitrogens is 4. The van der Waals surface area contributed by atoms with Crippen LogP contribution in [0, 0.1) is 0 Å². The Morgan fingerprint density at radius 3 is 2.50 bits per heavy atom. The third-order valence-corrected chi connectivity index (χ3v) is 5.30. The van der Waals surface area contributed by atoms with Crippen LogP contribution in [0.4, 0.5) is 5.95 Å².